The summed E-state index contributed by atoms with van der Waals surface area (Å²) < 4.78 is 38.2. The van der Waals surface area contributed by atoms with Crippen LogP contribution in [-0.4, -0.2) is 79.3 Å². The predicted octanol–water partition coefficient (Wildman–Crippen LogP) is 3.47. The third kappa shape index (κ3) is 4.80. The lowest BCUT2D eigenvalue weighted by Crippen LogP contribution is -2.50. The minimum atomic E-state index is -3.33. The third-order valence-electron chi connectivity index (χ3n) is 9.35. The first-order chi connectivity index (χ1) is 19.8. The number of piperazine rings is 1. The first-order valence-corrected chi connectivity index (χ1v) is 16.2. The molecule has 218 valence electrons. The Labute approximate surface area is 247 Å². The summed E-state index contributed by atoms with van der Waals surface area (Å²) in [4.78, 5) is 20.5. The van der Waals surface area contributed by atoms with Gasteiger partial charge in [-0.05, 0) is 51.7 Å². The largest absolute Gasteiger partial charge is 0.497 e. The molecule has 1 aliphatic carbocycles. The number of rotatable bonds is 5. The zero-order chi connectivity index (χ0) is 30.1. The van der Waals surface area contributed by atoms with E-state index in [-0.39, 0.29) is 19.0 Å². The van der Waals surface area contributed by atoms with E-state index >= 15 is 0 Å². The maximum Gasteiger partial charge on any atom is 0.497 e. The van der Waals surface area contributed by atoms with Crippen LogP contribution in [0.4, 0.5) is 0 Å². The third-order valence-corrected chi connectivity index (χ3v) is 10.7. The van der Waals surface area contributed by atoms with Gasteiger partial charge in [0, 0.05) is 48.8 Å². The van der Waals surface area contributed by atoms with Gasteiger partial charge in [0.25, 0.3) is 5.91 Å². The SMILES string of the molecule is CC1(C)OB(c2cccc3c(-c4ccc(C5(C#N)CC5)cc4)c(C(=O)N4CCN(S(C)(=O)=O)CC4)cnc23)OC1(C)C. The van der Waals surface area contributed by atoms with Crippen molar-refractivity contribution in [1.29, 1.82) is 5.26 Å². The Morgan fingerprint density at radius 2 is 1.60 bits per heavy atom. The molecule has 3 aromatic rings. The van der Waals surface area contributed by atoms with Gasteiger partial charge in [-0.1, -0.05) is 42.5 Å². The molecule has 0 unspecified atom stereocenters. The van der Waals surface area contributed by atoms with Crippen molar-refractivity contribution in [1.82, 2.24) is 14.2 Å². The minimum Gasteiger partial charge on any atom is -0.399 e. The quantitative estimate of drug-likeness (QED) is 0.421. The Hall–Kier alpha value is -3.30. The number of nitriles is 1. The summed E-state index contributed by atoms with van der Waals surface area (Å²) in [6, 6.07) is 16.2. The van der Waals surface area contributed by atoms with Crippen LogP contribution in [0.1, 0.15) is 56.5 Å². The van der Waals surface area contributed by atoms with Crippen LogP contribution < -0.4 is 5.46 Å². The van der Waals surface area contributed by atoms with Crippen molar-refractivity contribution >= 4 is 39.4 Å². The first kappa shape index (κ1) is 28.8. The summed E-state index contributed by atoms with van der Waals surface area (Å²) in [6.45, 7) is 9.11. The molecule has 0 radical (unpaired) electrons. The van der Waals surface area contributed by atoms with Gasteiger partial charge in [0.05, 0.1) is 40.0 Å². The fourth-order valence-electron chi connectivity index (χ4n) is 5.82. The smallest absolute Gasteiger partial charge is 0.399 e. The van der Waals surface area contributed by atoms with Crippen LogP contribution in [0.2, 0.25) is 0 Å². The van der Waals surface area contributed by atoms with E-state index in [2.05, 4.69) is 6.07 Å². The molecule has 0 bridgehead atoms. The van der Waals surface area contributed by atoms with E-state index in [0.717, 1.165) is 40.4 Å². The number of hydrogen-bond donors (Lipinski definition) is 0. The Bertz CT molecular complexity index is 1700. The van der Waals surface area contributed by atoms with Crippen LogP contribution in [0.3, 0.4) is 0 Å². The van der Waals surface area contributed by atoms with Crippen molar-refractivity contribution in [3.8, 4) is 17.2 Å². The Kier molecular flexibility index (Phi) is 6.78. The van der Waals surface area contributed by atoms with Crippen molar-refractivity contribution in [2.75, 3.05) is 32.4 Å². The number of carbonyl (C=O) groups excluding carboxylic acids is 1. The second-order valence-electron chi connectivity index (χ2n) is 12.6. The molecular weight excluding hydrogens is 551 g/mol. The van der Waals surface area contributed by atoms with Crippen LogP contribution in [0.5, 0.6) is 0 Å². The number of para-hydroxylation sites is 1. The number of sulfonamides is 1. The number of carbonyl (C=O) groups is 1. The number of amides is 1. The molecule has 42 heavy (non-hydrogen) atoms. The van der Waals surface area contributed by atoms with Gasteiger partial charge in [-0.25, -0.2) is 8.42 Å². The van der Waals surface area contributed by atoms with Gasteiger partial charge >= 0.3 is 7.12 Å². The number of aromatic nitrogens is 1. The molecule has 0 atom stereocenters. The van der Waals surface area contributed by atoms with Gasteiger partial charge in [0.15, 0.2) is 0 Å². The molecule has 9 nitrogen and oxygen atoms in total. The molecule has 2 saturated heterocycles. The lowest BCUT2D eigenvalue weighted by molar-refractivity contribution is 0.00578. The number of hydrogen-bond acceptors (Lipinski definition) is 7. The van der Waals surface area contributed by atoms with Crippen LogP contribution in [0.15, 0.2) is 48.7 Å². The van der Waals surface area contributed by atoms with E-state index in [0.29, 0.717) is 24.2 Å². The van der Waals surface area contributed by atoms with E-state index in [1.807, 2.05) is 70.2 Å². The Morgan fingerprint density at radius 3 is 2.14 bits per heavy atom. The molecule has 1 saturated carbocycles. The summed E-state index contributed by atoms with van der Waals surface area (Å²) in [5.74, 6) is -0.201. The summed E-state index contributed by atoms with van der Waals surface area (Å²) in [7, 11) is -3.95. The van der Waals surface area contributed by atoms with E-state index in [1.165, 1.54) is 10.6 Å². The van der Waals surface area contributed by atoms with Gasteiger partial charge in [-0.15, -0.1) is 0 Å². The predicted molar refractivity (Wildman–Crippen MR) is 162 cm³/mol. The molecule has 11 heteroatoms. The topological polar surface area (TPSA) is 113 Å². The molecule has 6 rings (SSSR count). The molecule has 3 heterocycles. The fourth-order valence-corrected chi connectivity index (χ4v) is 6.65. The molecule has 1 aromatic heterocycles. The van der Waals surface area contributed by atoms with Crippen LogP contribution in [0.25, 0.3) is 22.0 Å². The van der Waals surface area contributed by atoms with Gasteiger partial charge < -0.3 is 14.2 Å². The average molecular weight is 587 g/mol. The second-order valence-corrected chi connectivity index (χ2v) is 14.6. The van der Waals surface area contributed by atoms with Crippen molar-refractivity contribution in [3.05, 3.63) is 59.8 Å². The Balaban J connectivity index is 1.45. The van der Waals surface area contributed by atoms with Crippen molar-refractivity contribution in [2.45, 2.75) is 57.2 Å². The summed E-state index contributed by atoms with van der Waals surface area (Å²) >= 11 is 0. The lowest BCUT2D eigenvalue weighted by atomic mass is 9.76. The van der Waals surface area contributed by atoms with E-state index in [9.17, 15) is 18.5 Å². The van der Waals surface area contributed by atoms with E-state index in [4.69, 9.17) is 14.3 Å². The normalized spacial score (nSPS) is 21.3. The monoisotopic (exact) mass is 586 g/mol. The molecule has 3 aliphatic rings. The molecule has 3 fully saturated rings. The molecule has 2 aliphatic heterocycles. The van der Waals surface area contributed by atoms with E-state index < -0.39 is 33.8 Å². The molecule has 2 aromatic carbocycles. The number of nitrogens with zero attached hydrogens (tertiary/aromatic N) is 4. The zero-order valence-corrected chi connectivity index (χ0v) is 25.5. The fraction of sp³-hybridized carbons (Fsp3) is 0.452. The van der Waals surface area contributed by atoms with Gasteiger partial charge in [0.2, 0.25) is 10.0 Å². The summed E-state index contributed by atoms with van der Waals surface area (Å²) in [5.41, 5.74) is 3.00. The maximum atomic E-state index is 14.0. The van der Waals surface area contributed by atoms with Crippen LogP contribution in [0, 0.1) is 11.3 Å². The maximum absolute atomic E-state index is 14.0. The van der Waals surface area contributed by atoms with Gasteiger partial charge in [0.1, 0.15) is 0 Å². The first-order valence-electron chi connectivity index (χ1n) is 14.3. The average Bonchev–Trinajstić information content (AvgIpc) is 3.72. The van der Waals surface area contributed by atoms with Crippen LogP contribution in [-0.2, 0) is 24.7 Å². The van der Waals surface area contributed by atoms with Crippen LogP contribution >= 0.6 is 0 Å². The standard InChI is InChI=1S/C31H35BN4O5S/c1-29(2)30(3,4)41-32(40-29)25-8-6-7-23-26(21-9-11-22(12-10-21)31(20-33)13-14-31)24(19-34-27(23)25)28(37)35-15-17-36(18-16-35)42(5,38)39/h6-12,19H,13-18H2,1-5H3. The highest BCUT2D eigenvalue weighted by Gasteiger charge is 2.52. The minimum absolute atomic E-state index is 0.201. The van der Waals surface area contributed by atoms with Crippen molar-refractivity contribution < 1.29 is 22.5 Å². The van der Waals surface area contributed by atoms with Gasteiger partial charge in [-0.2, -0.15) is 9.57 Å². The van der Waals surface area contributed by atoms with E-state index in [1.54, 1.807) is 11.1 Å². The zero-order valence-electron chi connectivity index (χ0n) is 24.7. The number of pyridine rings is 1. The molecule has 0 spiro atoms. The second kappa shape index (κ2) is 9.88. The van der Waals surface area contributed by atoms with Crippen molar-refractivity contribution in [3.63, 3.8) is 0 Å². The highest BCUT2D eigenvalue weighted by molar-refractivity contribution is 7.88. The van der Waals surface area contributed by atoms with Gasteiger partial charge in [-0.3, -0.25) is 9.78 Å². The summed E-state index contributed by atoms with van der Waals surface area (Å²) in [6.07, 6.45) is 4.50. The number of benzene rings is 2. The highest BCUT2D eigenvalue weighted by Crippen LogP contribution is 2.48. The number of fused-ring (bicyclic) bond motifs is 1. The molecular formula is C31H35BN4O5S. The molecule has 1 amide bonds. The van der Waals surface area contributed by atoms with Crippen molar-refractivity contribution in [2.24, 2.45) is 0 Å². The Morgan fingerprint density at radius 1 is 0.976 bits per heavy atom. The lowest BCUT2D eigenvalue weighted by Gasteiger charge is -2.33. The molecule has 0 N–H and O–H groups in total. The highest BCUT2D eigenvalue weighted by atomic mass is 32.2. The summed E-state index contributed by atoms with van der Waals surface area (Å²) in [5, 5.41) is 10.5.